The number of piperidine rings is 1. The van der Waals surface area contributed by atoms with E-state index in [0.29, 0.717) is 33.4 Å². The van der Waals surface area contributed by atoms with Gasteiger partial charge in [0.15, 0.2) is 5.88 Å². The quantitative estimate of drug-likeness (QED) is 0.181. The van der Waals surface area contributed by atoms with Crippen LogP contribution < -0.4 is 5.32 Å². The molecular weight excluding hydrogens is 522 g/mol. The van der Waals surface area contributed by atoms with Crippen LogP contribution in [0.25, 0.3) is 10.9 Å². The summed E-state index contributed by atoms with van der Waals surface area (Å²) >= 11 is 0. The molecule has 1 aliphatic rings. The van der Waals surface area contributed by atoms with E-state index in [1.807, 2.05) is 73.7 Å². The number of fused-ring (bicyclic) bond motifs is 1. The number of benzene rings is 3. The largest absolute Gasteiger partial charge is 0.494 e. The topological polar surface area (TPSA) is 93.6 Å². The van der Waals surface area contributed by atoms with Crippen LogP contribution in [0.1, 0.15) is 65.0 Å². The fourth-order valence-corrected chi connectivity index (χ4v) is 5.59. The highest BCUT2D eigenvalue weighted by atomic mass is 16.3. The molecule has 1 saturated heterocycles. The first kappa shape index (κ1) is 27.4. The van der Waals surface area contributed by atoms with Gasteiger partial charge < -0.3 is 15.4 Å². The number of aliphatic imine (C=N–C) groups is 1. The third-order valence-corrected chi connectivity index (χ3v) is 7.86. The fourth-order valence-electron chi connectivity index (χ4n) is 5.59. The van der Waals surface area contributed by atoms with E-state index >= 15 is 0 Å². The second-order valence-electron chi connectivity index (χ2n) is 10.9. The lowest BCUT2D eigenvalue weighted by Gasteiger charge is -2.26. The average Bonchev–Trinajstić information content (AvgIpc) is 3.36. The maximum Gasteiger partial charge on any atom is 0.251 e. The van der Waals surface area contributed by atoms with Gasteiger partial charge in [-0.15, -0.1) is 0 Å². The highest BCUT2D eigenvalue weighted by molar-refractivity contribution is 6.21. The molecule has 0 aliphatic carbocycles. The number of nitrogens with zero attached hydrogens (tertiary/aromatic N) is 3. The van der Waals surface area contributed by atoms with E-state index in [1.54, 1.807) is 18.3 Å². The number of H-pyrrole nitrogens is 1. The standard InChI is InChI=1S/C35H35N5O2/c1-24(26-10-4-2-5-11-26)37-34(41)27-15-18-30-29(22-27)32(35(42)39-30)33(31-12-6-7-19-36-31)38-28-16-13-25(14-17-28)23-40-20-8-3-9-21-40/h2,4-7,10-19,22,24,39,42H,3,8-9,20-21,23H2,1H3,(H,37,41)/t24-/m1/s1. The summed E-state index contributed by atoms with van der Waals surface area (Å²) in [5.41, 5.74) is 5.90. The number of hydrogen-bond acceptors (Lipinski definition) is 5. The maximum absolute atomic E-state index is 13.3. The van der Waals surface area contributed by atoms with E-state index in [0.717, 1.165) is 30.9 Å². The van der Waals surface area contributed by atoms with Gasteiger partial charge in [0, 0.05) is 29.2 Å². The molecule has 7 nitrogen and oxygen atoms in total. The summed E-state index contributed by atoms with van der Waals surface area (Å²) in [5.74, 6) is -0.216. The molecule has 42 heavy (non-hydrogen) atoms. The minimum absolute atomic E-state index is 0.0219. The second-order valence-corrected chi connectivity index (χ2v) is 10.9. The Balaban J connectivity index is 1.34. The number of amides is 1. The van der Waals surface area contributed by atoms with Crippen molar-refractivity contribution in [2.24, 2.45) is 4.99 Å². The number of pyridine rings is 1. The van der Waals surface area contributed by atoms with Crippen LogP contribution in [-0.4, -0.2) is 44.7 Å². The lowest BCUT2D eigenvalue weighted by Crippen LogP contribution is -2.28. The molecule has 2 aromatic heterocycles. The molecule has 5 aromatic rings. The summed E-state index contributed by atoms with van der Waals surface area (Å²) in [6, 6.07) is 29.0. The van der Waals surface area contributed by atoms with Crippen LogP contribution in [0.4, 0.5) is 5.69 Å². The molecular formula is C35H35N5O2. The number of likely N-dealkylation sites (tertiary alicyclic amines) is 1. The van der Waals surface area contributed by atoms with E-state index in [1.165, 1.54) is 24.8 Å². The van der Waals surface area contributed by atoms with Gasteiger partial charge in [-0.2, -0.15) is 0 Å². The first-order valence-corrected chi connectivity index (χ1v) is 14.6. The van der Waals surface area contributed by atoms with Crippen LogP contribution in [0.3, 0.4) is 0 Å². The van der Waals surface area contributed by atoms with Crippen molar-refractivity contribution in [3.8, 4) is 5.88 Å². The van der Waals surface area contributed by atoms with Gasteiger partial charge in [0.25, 0.3) is 5.91 Å². The van der Waals surface area contributed by atoms with Crippen molar-refractivity contribution >= 4 is 28.2 Å². The maximum atomic E-state index is 13.3. The van der Waals surface area contributed by atoms with E-state index in [2.05, 4.69) is 32.3 Å². The van der Waals surface area contributed by atoms with Crippen molar-refractivity contribution in [1.29, 1.82) is 0 Å². The molecule has 3 N–H and O–H groups in total. The molecule has 0 saturated carbocycles. The zero-order valence-electron chi connectivity index (χ0n) is 23.8. The van der Waals surface area contributed by atoms with Gasteiger partial charge in [0.05, 0.1) is 23.0 Å². The van der Waals surface area contributed by atoms with E-state index in [4.69, 9.17) is 4.99 Å². The smallest absolute Gasteiger partial charge is 0.251 e. The molecule has 0 spiro atoms. The van der Waals surface area contributed by atoms with E-state index < -0.39 is 0 Å². The van der Waals surface area contributed by atoms with Gasteiger partial charge >= 0.3 is 0 Å². The van der Waals surface area contributed by atoms with Gasteiger partial charge in [0.2, 0.25) is 0 Å². The number of aromatic hydroxyl groups is 1. The minimum atomic E-state index is -0.194. The Bertz CT molecular complexity index is 1690. The van der Waals surface area contributed by atoms with Crippen LogP contribution in [0, 0.1) is 0 Å². The lowest BCUT2D eigenvalue weighted by molar-refractivity contribution is 0.0940. The number of carbonyl (C=O) groups excluding carboxylic acids is 1. The lowest BCUT2D eigenvalue weighted by atomic mass is 10.0. The molecule has 7 heteroatoms. The summed E-state index contributed by atoms with van der Waals surface area (Å²) in [4.78, 5) is 28.4. The van der Waals surface area contributed by atoms with E-state index in [-0.39, 0.29) is 17.8 Å². The average molecular weight is 558 g/mol. The van der Waals surface area contributed by atoms with Crippen molar-refractivity contribution in [3.63, 3.8) is 0 Å². The first-order chi connectivity index (χ1) is 20.5. The Morgan fingerprint density at radius 3 is 2.48 bits per heavy atom. The van der Waals surface area contributed by atoms with Crippen LogP contribution in [0.5, 0.6) is 5.88 Å². The predicted octanol–water partition coefficient (Wildman–Crippen LogP) is 6.91. The molecule has 212 valence electrons. The monoisotopic (exact) mass is 557 g/mol. The normalized spacial score (nSPS) is 15.0. The third kappa shape index (κ3) is 6.11. The Morgan fingerprint density at radius 2 is 1.74 bits per heavy atom. The highest BCUT2D eigenvalue weighted by Gasteiger charge is 2.21. The van der Waals surface area contributed by atoms with Crippen LogP contribution in [0.2, 0.25) is 0 Å². The molecule has 1 fully saturated rings. The fraction of sp³-hybridized carbons (Fsp3) is 0.229. The molecule has 3 heterocycles. The Kier molecular flexibility index (Phi) is 8.10. The third-order valence-electron chi connectivity index (χ3n) is 7.86. The number of aromatic amines is 1. The van der Waals surface area contributed by atoms with Crippen molar-refractivity contribution in [2.45, 2.75) is 38.8 Å². The summed E-state index contributed by atoms with van der Waals surface area (Å²) in [6.45, 7) is 5.19. The Hall–Kier alpha value is -4.75. The van der Waals surface area contributed by atoms with Crippen molar-refractivity contribution in [3.05, 3.63) is 125 Å². The van der Waals surface area contributed by atoms with Crippen molar-refractivity contribution in [1.82, 2.24) is 20.2 Å². The van der Waals surface area contributed by atoms with Crippen LogP contribution >= 0.6 is 0 Å². The minimum Gasteiger partial charge on any atom is -0.494 e. The molecule has 1 amide bonds. The summed E-state index contributed by atoms with van der Waals surface area (Å²) in [5, 5.41) is 14.9. The molecule has 0 unspecified atom stereocenters. The van der Waals surface area contributed by atoms with Crippen LogP contribution in [0.15, 0.2) is 102 Å². The van der Waals surface area contributed by atoms with Crippen LogP contribution in [-0.2, 0) is 6.54 Å². The van der Waals surface area contributed by atoms with Crippen molar-refractivity contribution < 1.29 is 9.90 Å². The Morgan fingerprint density at radius 1 is 0.976 bits per heavy atom. The zero-order valence-corrected chi connectivity index (χ0v) is 23.8. The first-order valence-electron chi connectivity index (χ1n) is 14.6. The highest BCUT2D eigenvalue weighted by Crippen LogP contribution is 2.32. The molecule has 0 radical (unpaired) electrons. The number of nitrogens with one attached hydrogen (secondary N) is 2. The van der Waals surface area contributed by atoms with Gasteiger partial charge in [-0.05, 0) is 86.4 Å². The van der Waals surface area contributed by atoms with Crippen molar-refractivity contribution in [2.75, 3.05) is 13.1 Å². The predicted molar refractivity (Wildman–Crippen MR) is 167 cm³/mol. The number of carbonyl (C=O) groups is 1. The molecule has 0 bridgehead atoms. The van der Waals surface area contributed by atoms with Gasteiger partial charge in [-0.25, -0.2) is 4.99 Å². The van der Waals surface area contributed by atoms with E-state index in [9.17, 15) is 9.90 Å². The molecule has 6 rings (SSSR count). The summed E-state index contributed by atoms with van der Waals surface area (Å²) in [6.07, 6.45) is 5.56. The van der Waals surface area contributed by atoms with Gasteiger partial charge in [0.1, 0.15) is 5.71 Å². The SMILES string of the molecule is C[C@@H](NC(=O)c1ccc2[nH]c(O)c(C(=Nc3ccc(CN4CCCCC4)cc3)c3ccccn3)c2c1)c1ccccc1. The number of rotatable bonds is 8. The number of aromatic nitrogens is 2. The zero-order chi connectivity index (χ0) is 28.9. The molecule has 3 aromatic carbocycles. The summed E-state index contributed by atoms with van der Waals surface area (Å²) in [7, 11) is 0. The summed E-state index contributed by atoms with van der Waals surface area (Å²) < 4.78 is 0. The number of hydrogen-bond donors (Lipinski definition) is 3. The molecule has 1 atom stereocenters. The molecule has 1 aliphatic heterocycles. The second kappa shape index (κ2) is 12.4. The van der Waals surface area contributed by atoms with Gasteiger partial charge in [-0.3, -0.25) is 14.7 Å². The van der Waals surface area contributed by atoms with Gasteiger partial charge in [-0.1, -0.05) is 55.0 Å². The Labute approximate surface area is 246 Å².